The third-order valence-electron chi connectivity index (χ3n) is 5.35. The zero-order chi connectivity index (χ0) is 16.9. The monoisotopic (exact) mass is 345 g/mol. The second-order valence-corrected chi connectivity index (χ2v) is 9.50. The van der Waals surface area contributed by atoms with Crippen LogP contribution in [0.2, 0.25) is 0 Å². The third kappa shape index (κ3) is 4.83. The van der Waals surface area contributed by atoms with Crippen molar-refractivity contribution in [3.63, 3.8) is 0 Å². The summed E-state index contributed by atoms with van der Waals surface area (Å²) < 4.78 is 29.2. The minimum Gasteiger partial charge on any atom is -0.381 e. The number of nitrogens with one attached hydrogen (secondary N) is 2. The molecule has 0 spiro atoms. The van der Waals surface area contributed by atoms with E-state index in [1.807, 2.05) is 0 Å². The van der Waals surface area contributed by atoms with Gasteiger partial charge in [0.05, 0.1) is 4.75 Å². The van der Waals surface area contributed by atoms with Crippen LogP contribution < -0.4 is 10.6 Å². The molecule has 1 aliphatic heterocycles. The number of ether oxygens (including phenoxy) is 1. The lowest BCUT2D eigenvalue weighted by atomic mass is 9.87. The molecule has 0 unspecified atom stereocenters. The molecule has 2 fully saturated rings. The van der Waals surface area contributed by atoms with Crippen molar-refractivity contribution < 1.29 is 13.2 Å². The quantitative estimate of drug-likeness (QED) is 0.593. The highest BCUT2D eigenvalue weighted by Crippen LogP contribution is 2.28. The predicted octanol–water partition coefficient (Wildman–Crippen LogP) is 1.32. The highest BCUT2D eigenvalue weighted by Gasteiger charge is 2.42. The number of hydrogen-bond donors (Lipinski definition) is 2. The van der Waals surface area contributed by atoms with E-state index >= 15 is 0 Å². The summed E-state index contributed by atoms with van der Waals surface area (Å²) in [5.74, 6) is 1.51. The minimum atomic E-state index is -3.16. The molecule has 0 aromatic heterocycles. The molecule has 1 aliphatic carbocycles. The van der Waals surface area contributed by atoms with Crippen LogP contribution in [-0.2, 0) is 14.6 Å². The summed E-state index contributed by atoms with van der Waals surface area (Å²) in [6.07, 6.45) is 7.17. The first-order valence-electron chi connectivity index (χ1n) is 8.61. The molecule has 1 saturated carbocycles. The Morgan fingerprint density at radius 2 is 1.83 bits per heavy atom. The highest BCUT2D eigenvalue weighted by molar-refractivity contribution is 7.92. The van der Waals surface area contributed by atoms with Gasteiger partial charge in [0.15, 0.2) is 15.8 Å². The van der Waals surface area contributed by atoms with Crippen LogP contribution in [0.15, 0.2) is 4.99 Å². The van der Waals surface area contributed by atoms with Crippen LogP contribution >= 0.6 is 0 Å². The van der Waals surface area contributed by atoms with Crippen LogP contribution in [0.25, 0.3) is 0 Å². The van der Waals surface area contributed by atoms with Gasteiger partial charge in [0.25, 0.3) is 0 Å². The molecule has 0 atom stereocenters. The fraction of sp³-hybridized carbons (Fsp3) is 0.938. The number of nitrogens with zero attached hydrogens (tertiary/aromatic N) is 1. The number of sulfone groups is 1. The van der Waals surface area contributed by atoms with E-state index in [9.17, 15) is 8.42 Å². The first-order valence-corrected chi connectivity index (χ1v) is 10.5. The van der Waals surface area contributed by atoms with Gasteiger partial charge in [-0.05, 0) is 44.4 Å². The van der Waals surface area contributed by atoms with Crippen LogP contribution in [0, 0.1) is 5.92 Å². The van der Waals surface area contributed by atoms with E-state index in [0.717, 1.165) is 18.8 Å². The molecule has 1 heterocycles. The van der Waals surface area contributed by atoms with E-state index in [2.05, 4.69) is 22.5 Å². The third-order valence-corrected chi connectivity index (χ3v) is 7.47. The van der Waals surface area contributed by atoms with Gasteiger partial charge in [-0.1, -0.05) is 6.92 Å². The molecule has 2 aliphatic rings. The molecule has 0 aromatic rings. The Kier molecular flexibility index (Phi) is 6.31. The van der Waals surface area contributed by atoms with E-state index < -0.39 is 14.6 Å². The van der Waals surface area contributed by atoms with Gasteiger partial charge in [0.1, 0.15) is 0 Å². The number of aliphatic imine (C=N–C) groups is 1. The molecule has 0 radical (unpaired) electrons. The van der Waals surface area contributed by atoms with Crippen molar-refractivity contribution in [2.45, 2.75) is 56.2 Å². The second kappa shape index (κ2) is 7.83. The molecule has 0 bridgehead atoms. The van der Waals surface area contributed by atoms with E-state index in [-0.39, 0.29) is 0 Å². The second-order valence-electron chi connectivity index (χ2n) is 7.09. The zero-order valence-corrected chi connectivity index (χ0v) is 15.4. The molecule has 1 saturated heterocycles. The first kappa shape index (κ1) is 18.5. The molecule has 7 heteroatoms. The SMILES string of the molecule is CN=C(NCC1(S(C)(=O)=O)CCOCC1)NC1CCC(C)CC1. The van der Waals surface area contributed by atoms with Crippen molar-refractivity contribution in [3.8, 4) is 0 Å². The van der Waals surface area contributed by atoms with E-state index in [1.54, 1.807) is 7.05 Å². The fourth-order valence-electron chi connectivity index (χ4n) is 3.46. The highest BCUT2D eigenvalue weighted by atomic mass is 32.2. The Morgan fingerprint density at radius 3 is 2.35 bits per heavy atom. The fourth-order valence-corrected chi connectivity index (χ4v) is 4.70. The van der Waals surface area contributed by atoms with Crippen LogP contribution in [0.1, 0.15) is 45.4 Å². The summed E-state index contributed by atoms with van der Waals surface area (Å²) >= 11 is 0. The Bertz CT molecular complexity index is 505. The Morgan fingerprint density at radius 1 is 1.22 bits per heavy atom. The molecular formula is C16H31N3O3S. The maximum atomic E-state index is 12.3. The topological polar surface area (TPSA) is 79.8 Å². The van der Waals surface area contributed by atoms with E-state index in [1.165, 1.54) is 19.1 Å². The Balaban J connectivity index is 1.93. The molecule has 134 valence electrons. The summed E-state index contributed by atoms with van der Waals surface area (Å²) in [6, 6.07) is 0.432. The lowest BCUT2D eigenvalue weighted by molar-refractivity contribution is 0.0756. The van der Waals surface area contributed by atoms with Gasteiger partial charge in [0.2, 0.25) is 0 Å². The van der Waals surface area contributed by atoms with Gasteiger partial charge < -0.3 is 15.4 Å². The van der Waals surface area contributed by atoms with Crippen LogP contribution in [0.5, 0.6) is 0 Å². The smallest absolute Gasteiger partial charge is 0.191 e. The van der Waals surface area contributed by atoms with Crippen molar-refractivity contribution in [2.75, 3.05) is 33.1 Å². The molecule has 0 amide bonds. The van der Waals surface area contributed by atoms with Crippen molar-refractivity contribution in [1.82, 2.24) is 10.6 Å². The number of rotatable bonds is 4. The average Bonchev–Trinajstić information content (AvgIpc) is 2.53. The molecule has 6 nitrogen and oxygen atoms in total. The van der Waals surface area contributed by atoms with Crippen LogP contribution in [0.3, 0.4) is 0 Å². The van der Waals surface area contributed by atoms with Crippen molar-refractivity contribution in [1.29, 1.82) is 0 Å². The maximum Gasteiger partial charge on any atom is 0.191 e. The van der Waals surface area contributed by atoms with E-state index in [0.29, 0.717) is 44.6 Å². The lowest BCUT2D eigenvalue weighted by Crippen LogP contribution is -2.54. The van der Waals surface area contributed by atoms with Crippen LogP contribution in [0.4, 0.5) is 0 Å². The maximum absolute atomic E-state index is 12.3. The molecule has 0 aromatic carbocycles. The van der Waals surface area contributed by atoms with Crippen LogP contribution in [-0.4, -0.2) is 58.2 Å². The Labute approximate surface area is 140 Å². The number of hydrogen-bond acceptors (Lipinski definition) is 4. The molecular weight excluding hydrogens is 314 g/mol. The van der Waals surface area contributed by atoms with E-state index in [4.69, 9.17) is 4.74 Å². The Hall–Kier alpha value is -0.820. The van der Waals surface area contributed by atoms with Gasteiger partial charge in [-0.2, -0.15) is 0 Å². The van der Waals surface area contributed by atoms with Gasteiger partial charge in [-0.15, -0.1) is 0 Å². The lowest BCUT2D eigenvalue weighted by Gasteiger charge is -2.36. The summed E-state index contributed by atoms with van der Waals surface area (Å²) in [5, 5.41) is 6.70. The normalized spacial score (nSPS) is 29.1. The number of guanidine groups is 1. The van der Waals surface area contributed by atoms with Gasteiger partial charge in [-0.3, -0.25) is 4.99 Å². The summed E-state index contributed by atoms with van der Waals surface area (Å²) in [4.78, 5) is 4.27. The van der Waals surface area contributed by atoms with Gasteiger partial charge in [-0.25, -0.2) is 8.42 Å². The summed E-state index contributed by atoms with van der Waals surface area (Å²) in [5.41, 5.74) is 0. The first-order chi connectivity index (χ1) is 10.9. The van der Waals surface area contributed by atoms with Gasteiger partial charge >= 0.3 is 0 Å². The largest absolute Gasteiger partial charge is 0.381 e. The van der Waals surface area contributed by atoms with Crippen molar-refractivity contribution in [2.24, 2.45) is 10.9 Å². The standard InChI is InChI=1S/C16H31N3O3S/c1-13-4-6-14(7-5-13)19-15(17-2)18-12-16(23(3,20)21)8-10-22-11-9-16/h13-14H,4-12H2,1-3H3,(H2,17,18,19). The average molecular weight is 346 g/mol. The summed E-state index contributed by atoms with van der Waals surface area (Å²) in [6.45, 7) is 3.69. The van der Waals surface area contributed by atoms with Crippen molar-refractivity contribution >= 4 is 15.8 Å². The molecule has 23 heavy (non-hydrogen) atoms. The van der Waals surface area contributed by atoms with Crippen molar-refractivity contribution in [3.05, 3.63) is 0 Å². The summed E-state index contributed by atoms with van der Waals surface area (Å²) in [7, 11) is -1.42. The van der Waals surface area contributed by atoms with Gasteiger partial charge in [0, 0.05) is 39.1 Å². The zero-order valence-electron chi connectivity index (χ0n) is 14.6. The molecule has 2 N–H and O–H groups in total. The minimum absolute atomic E-state index is 0.387. The molecule has 2 rings (SSSR count). The predicted molar refractivity (Wildman–Crippen MR) is 93.5 cm³/mol.